The Hall–Kier alpha value is -3.02. The van der Waals surface area contributed by atoms with E-state index in [2.05, 4.69) is 10.1 Å². The number of ether oxygens (including phenoxy) is 3. The van der Waals surface area contributed by atoms with Gasteiger partial charge in [0.2, 0.25) is 5.82 Å². The minimum atomic E-state index is -0.796. The van der Waals surface area contributed by atoms with Crippen molar-refractivity contribution < 1.29 is 18.7 Å². The number of rotatable bonds is 6. The van der Waals surface area contributed by atoms with Gasteiger partial charge in [0.1, 0.15) is 22.8 Å². The highest BCUT2D eigenvalue weighted by Gasteiger charge is 2.31. The summed E-state index contributed by atoms with van der Waals surface area (Å²) in [5.41, 5.74) is 1.01. The van der Waals surface area contributed by atoms with Crippen molar-refractivity contribution in [2.45, 2.75) is 26.4 Å². The molecule has 0 amide bonds. The van der Waals surface area contributed by atoms with Gasteiger partial charge < -0.3 is 18.7 Å². The third-order valence-corrected chi connectivity index (χ3v) is 3.99. The van der Waals surface area contributed by atoms with Crippen LogP contribution in [0.3, 0.4) is 0 Å². The molecule has 2 aromatic carbocycles. The van der Waals surface area contributed by atoms with Crippen LogP contribution in [0.4, 0.5) is 0 Å². The van der Waals surface area contributed by atoms with Crippen LogP contribution in [0, 0.1) is 6.92 Å². The summed E-state index contributed by atoms with van der Waals surface area (Å²) in [6, 6.07) is 13.3. The van der Waals surface area contributed by atoms with E-state index in [1.54, 1.807) is 14.2 Å². The van der Waals surface area contributed by atoms with Crippen molar-refractivity contribution in [3.63, 3.8) is 0 Å². The summed E-state index contributed by atoms with van der Waals surface area (Å²) in [7, 11) is 3.17. The predicted molar refractivity (Wildman–Crippen MR) is 97.7 cm³/mol. The van der Waals surface area contributed by atoms with Gasteiger partial charge in [-0.05, 0) is 45.0 Å². The summed E-state index contributed by atoms with van der Waals surface area (Å²) in [5, 5.41) is 4.10. The Morgan fingerprint density at radius 1 is 0.923 bits per heavy atom. The molecule has 6 heteroatoms. The van der Waals surface area contributed by atoms with E-state index >= 15 is 0 Å². The van der Waals surface area contributed by atoms with Crippen LogP contribution >= 0.6 is 0 Å². The highest BCUT2D eigenvalue weighted by molar-refractivity contribution is 5.71. The lowest BCUT2D eigenvalue weighted by atomic mass is 10.1. The molecule has 0 aliphatic heterocycles. The largest absolute Gasteiger partial charge is 0.496 e. The molecule has 0 fully saturated rings. The molecule has 0 saturated heterocycles. The molecule has 0 aliphatic carbocycles. The van der Waals surface area contributed by atoms with Gasteiger partial charge in [-0.15, -0.1) is 0 Å². The lowest BCUT2D eigenvalue weighted by molar-refractivity contribution is 0.0692. The SMILES string of the molecule is COc1cccc(OC)c1-c1noc(C(C)(C)Oc2ccc(C)cc2)n1. The van der Waals surface area contributed by atoms with Crippen LogP contribution in [-0.4, -0.2) is 24.4 Å². The molecular weight excluding hydrogens is 332 g/mol. The second kappa shape index (κ2) is 7.07. The third kappa shape index (κ3) is 3.49. The van der Waals surface area contributed by atoms with Crippen LogP contribution in [0.2, 0.25) is 0 Å². The third-order valence-electron chi connectivity index (χ3n) is 3.99. The van der Waals surface area contributed by atoms with E-state index in [1.165, 1.54) is 5.56 Å². The molecule has 0 N–H and O–H groups in total. The average Bonchev–Trinajstić information content (AvgIpc) is 3.13. The van der Waals surface area contributed by atoms with Crippen molar-refractivity contribution in [1.82, 2.24) is 10.1 Å². The number of aromatic nitrogens is 2. The minimum Gasteiger partial charge on any atom is -0.496 e. The van der Waals surface area contributed by atoms with E-state index in [9.17, 15) is 0 Å². The first kappa shape index (κ1) is 17.8. The van der Waals surface area contributed by atoms with Crippen LogP contribution in [-0.2, 0) is 5.60 Å². The molecule has 0 aliphatic rings. The summed E-state index contributed by atoms with van der Waals surface area (Å²) < 4.78 is 22.4. The summed E-state index contributed by atoms with van der Waals surface area (Å²) in [5.74, 6) is 2.69. The van der Waals surface area contributed by atoms with Crippen LogP contribution in [0.25, 0.3) is 11.4 Å². The van der Waals surface area contributed by atoms with E-state index in [0.29, 0.717) is 28.8 Å². The molecule has 0 saturated carbocycles. The zero-order chi connectivity index (χ0) is 18.7. The molecule has 0 radical (unpaired) electrons. The van der Waals surface area contributed by atoms with E-state index < -0.39 is 5.60 Å². The summed E-state index contributed by atoms with van der Waals surface area (Å²) in [6.45, 7) is 5.78. The molecule has 1 heterocycles. The number of hydrogen-bond donors (Lipinski definition) is 0. The molecule has 0 spiro atoms. The van der Waals surface area contributed by atoms with Gasteiger partial charge in [-0.25, -0.2) is 0 Å². The molecule has 0 atom stereocenters. The van der Waals surface area contributed by atoms with E-state index in [-0.39, 0.29) is 0 Å². The Bertz CT molecular complexity index is 863. The Morgan fingerprint density at radius 3 is 2.12 bits per heavy atom. The van der Waals surface area contributed by atoms with Crippen molar-refractivity contribution in [2.24, 2.45) is 0 Å². The Kier molecular flexibility index (Phi) is 4.84. The number of aryl methyl sites for hydroxylation is 1. The topological polar surface area (TPSA) is 66.6 Å². The number of nitrogens with zero attached hydrogens (tertiary/aromatic N) is 2. The number of methoxy groups -OCH3 is 2. The van der Waals surface area contributed by atoms with Crippen molar-refractivity contribution in [2.75, 3.05) is 14.2 Å². The second-order valence-corrected chi connectivity index (χ2v) is 6.39. The number of hydrogen-bond acceptors (Lipinski definition) is 6. The van der Waals surface area contributed by atoms with Gasteiger partial charge in [-0.3, -0.25) is 0 Å². The first-order valence-electron chi connectivity index (χ1n) is 8.26. The van der Waals surface area contributed by atoms with Gasteiger partial charge in [-0.1, -0.05) is 28.9 Å². The lowest BCUT2D eigenvalue weighted by Crippen LogP contribution is -2.25. The van der Waals surface area contributed by atoms with Gasteiger partial charge in [0, 0.05) is 0 Å². The Morgan fingerprint density at radius 2 is 1.54 bits per heavy atom. The fourth-order valence-corrected chi connectivity index (χ4v) is 2.59. The molecule has 0 bridgehead atoms. The fourth-order valence-electron chi connectivity index (χ4n) is 2.59. The fraction of sp³-hybridized carbons (Fsp3) is 0.300. The first-order chi connectivity index (χ1) is 12.4. The predicted octanol–water partition coefficient (Wildman–Crippen LogP) is 4.38. The minimum absolute atomic E-state index is 0.362. The first-order valence-corrected chi connectivity index (χ1v) is 8.26. The highest BCUT2D eigenvalue weighted by Crippen LogP contribution is 2.37. The van der Waals surface area contributed by atoms with Gasteiger partial charge in [0.25, 0.3) is 5.89 Å². The van der Waals surface area contributed by atoms with Crippen LogP contribution < -0.4 is 14.2 Å². The summed E-state index contributed by atoms with van der Waals surface area (Å²) in [4.78, 5) is 4.52. The maximum atomic E-state index is 6.05. The van der Waals surface area contributed by atoms with Gasteiger partial charge in [0.15, 0.2) is 5.60 Å². The molecule has 0 unspecified atom stereocenters. The molecule has 6 nitrogen and oxygen atoms in total. The Labute approximate surface area is 152 Å². The van der Waals surface area contributed by atoms with Crippen molar-refractivity contribution in [1.29, 1.82) is 0 Å². The molecule has 26 heavy (non-hydrogen) atoms. The maximum Gasteiger partial charge on any atom is 0.270 e. The van der Waals surface area contributed by atoms with Crippen molar-refractivity contribution in [3.05, 3.63) is 53.9 Å². The molecule has 136 valence electrons. The van der Waals surface area contributed by atoms with E-state index in [0.717, 1.165) is 5.75 Å². The molecule has 3 rings (SSSR count). The van der Waals surface area contributed by atoms with E-state index in [1.807, 2.05) is 63.2 Å². The molecule has 1 aromatic heterocycles. The highest BCUT2D eigenvalue weighted by atomic mass is 16.5. The number of benzene rings is 2. The zero-order valence-electron chi connectivity index (χ0n) is 15.6. The molecule has 3 aromatic rings. The normalized spacial score (nSPS) is 11.3. The van der Waals surface area contributed by atoms with E-state index in [4.69, 9.17) is 18.7 Å². The summed E-state index contributed by atoms with van der Waals surface area (Å²) >= 11 is 0. The van der Waals surface area contributed by atoms with Crippen molar-refractivity contribution in [3.8, 4) is 28.6 Å². The smallest absolute Gasteiger partial charge is 0.270 e. The van der Waals surface area contributed by atoms with Gasteiger partial charge in [0.05, 0.1) is 14.2 Å². The van der Waals surface area contributed by atoms with Gasteiger partial charge in [-0.2, -0.15) is 4.98 Å². The van der Waals surface area contributed by atoms with Crippen LogP contribution in [0.1, 0.15) is 25.3 Å². The van der Waals surface area contributed by atoms with Crippen LogP contribution in [0.5, 0.6) is 17.2 Å². The quantitative estimate of drug-likeness (QED) is 0.654. The van der Waals surface area contributed by atoms with Crippen LogP contribution in [0.15, 0.2) is 47.0 Å². The standard InChI is InChI=1S/C20H22N2O4/c1-13-9-11-14(12-10-13)25-20(2,3)19-21-18(22-26-19)17-15(23-4)7-6-8-16(17)24-5/h6-12H,1-5H3. The maximum absolute atomic E-state index is 6.05. The zero-order valence-corrected chi connectivity index (χ0v) is 15.6. The average molecular weight is 354 g/mol. The monoisotopic (exact) mass is 354 g/mol. The molecular formula is C20H22N2O4. The van der Waals surface area contributed by atoms with Gasteiger partial charge >= 0.3 is 0 Å². The van der Waals surface area contributed by atoms with Crippen molar-refractivity contribution >= 4 is 0 Å². The Balaban J connectivity index is 1.93. The second-order valence-electron chi connectivity index (χ2n) is 6.39. The lowest BCUT2D eigenvalue weighted by Gasteiger charge is -2.22. The summed E-state index contributed by atoms with van der Waals surface area (Å²) in [6.07, 6.45) is 0.